The van der Waals surface area contributed by atoms with Gasteiger partial charge in [0.15, 0.2) is 5.69 Å². The molecule has 0 aliphatic rings. The highest BCUT2D eigenvalue weighted by Crippen LogP contribution is 2.30. The minimum atomic E-state index is -4.52. The Morgan fingerprint density at radius 3 is 2.48 bits per heavy atom. The van der Waals surface area contributed by atoms with Gasteiger partial charge in [-0.05, 0) is 43.2 Å². The van der Waals surface area contributed by atoms with Gasteiger partial charge in [-0.2, -0.15) is 18.3 Å². The lowest BCUT2D eigenvalue weighted by Gasteiger charge is -2.14. The van der Waals surface area contributed by atoms with E-state index >= 15 is 0 Å². The summed E-state index contributed by atoms with van der Waals surface area (Å²) in [4.78, 5) is 24.8. The molecular weight excluding hydrogens is 383 g/mol. The van der Waals surface area contributed by atoms with E-state index in [9.17, 15) is 22.8 Å². The van der Waals surface area contributed by atoms with Gasteiger partial charge in [0.2, 0.25) is 5.43 Å². The highest BCUT2D eigenvalue weighted by atomic mass is 19.4. The maximum absolute atomic E-state index is 13.0. The number of amides is 1. The summed E-state index contributed by atoms with van der Waals surface area (Å²) < 4.78 is 40.2. The standard InChI is InChI=1S/C21H18F3N3O2/c1-13-6-3-4-7-15(13)12-25-20(29)19-18(28)10-14(2)27(26-19)17-9-5-8-16(11-17)21(22,23)24/h3-11H,12H2,1-2H3,(H,25,29). The van der Waals surface area contributed by atoms with Crippen molar-refractivity contribution in [3.05, 3.63) is 92.9 Å². The average molecular weight is 401 g/mol. The van der Waals surface area contributed by atoms with Crippen LogP contribution in [0, 0.1) is 13.8 Å². The first-order valence-corrected chi connectivity index (χ1v) is 8.78. The minimum absolute atomic E-state index is 0.102. The van der Waals surface area contributed by atoms with Crippen LogP contribution in [0.4, 0.5) is 13.2 Å². The van der Waals surface area contributed by atoms with Gasteiger partial charge in [0.1, 0.15) is 0 Å². The first-order chi connectivity index (χ1) is 13.7. The van der Waals surface area contributed by atoms with Gasteiger partial charge in [-0.1, -0.05) is 30.3 Å². The molecule has 0 bridgehead atoms. The minimum Gasteiger partial charge on any atom is -0.346 e. The van der Waals surface area contributed by atoms with Crippen molar-refractivity contribution in [2.75, 3.05) is 0 Å². The smallest absolute Gasteiger partial charge is 0.346 e. The van der Waals surface area contributed by atoms with Crippen LogP contribution in [-0.4, -0.2) is 15.7 Å². The van der Waals surface area contributed by atoms with Crippen LogP contribution in [-0.2, 0) is 12.7 Å². The Morgan fingerprint density at radius 2 is 1.79 bits per heavy atom. The first-order valence-electron chi connectivity index (χ1n) is 8.78. The Labute approximate surface area is 164 Å². The molecule has 0 saturated carbocycles. The van der Waals surface area contributed by atoms with Gasteiger partial charge in [-0.25, -0.2) is 4.68 Å². The van der Waals surface area contributed by atoms with Crippen LogP contribution in [0.5, 0.6) is 0 Å². The van der Waals surface area contributed by atoms with Gasteiger partial charge >= 0.3 is 6.18 Å². The van der Waals surface area contributed by atoms with Gasteiger partial charge in [0.25, 0.3) is 5.91 Å². The second-order valence-electron chi connectivity index (χ2n) is 6.57. The number of carbonyl (C=O) groups is 1. The van der Waals surface area contributed by atoms with E-state index in [4.69, 9.17) is 0 Å². The van der Waals surface area contributed by atoms with Gasteiger partial charge in [-0.3, -0.25) is 9.59 Å². The summed E-state index contributed by atoms with van der Waals surface area (Å²) in [6, 6.07) is 13.1. The van der Waals surface area contributed by atoms with Crippen molar-refractivity contribution >= 4 is 5.91 Å². The molecule has 0 aliphatic heterocycles. The third kappa shape index (κ3) is 4.53. The Morgan fingerprint density at radius 1 is 1.07 bits per heavy atom. The molecule has 0 atom stereocenters. The van der Waals surface area contributed by atoms with Crippen LogP contribution in [0.3, 0.4) is 0 Å². The Hall–Kier alpha value is -3.42. The number of halogens is 3. The van der Waals surface area contributed by atoms with Crippen molar-refractivity contribution in [3.8, 4) is 5.69 Å². The monoisotopic (exact) mass is 401 g/mol. The molecule has 8 heteroatoms. The Balaban J connectivity index is 1.93. The molecule has 1 N–H and O–H groups in total. The number of hydrogen-bond acceptors (Lipinski definition) is 3. The summed E-state index contributed by atoms with van der Waals surface area (Å²) >= 11 is 0. The molecule has 3 aromatic rings. The van der Waals surface area contributed by atoms with E-state index < -0.39 is 23.1 Å². The molecule has 150 valence electrons. The van der Waals surface area contributed by atoms with Crippen molar-refractivity contribution in [1.29, 1.82) is 0 Å². The first kappa shape index (κ1) is 20.3. The molecule has 0 spiro atoms. The molecule has 3 rings (SSSR count). The van der Waals surface area contributed by atoms with Crippen LogP contribution in [0.1, 0.15) is 32.9 Å². The molecule has 0 saturated heterocycles. The fourth-order valence-corrected chi connectivity index (χ4v) is 2.85. The largest absolute Gasteiger partial charge is 0.416 e. The molecule has 1 amide bonds. The number of aromatic nitrogens is 2. The zero-order valence-corrected chi connectivity index (χ0v) is 15.7. The van der Waals surface area contributed by atoms with Crippen LogP contribution in [0.2, 0.25) is 0 Å². The van der Waals surface area contributed by atoms with E-state index in [-0.39, 0.29) is 17.9 Å². The fourth-order valence-electron chi connectivity index (χ4n) is 2.85. The second kappa shape index (κ2) is 7.90. The number of alkyl halides is 3. The highest BCUT2D eigenvalue weighted by Gasteiger charge is 2.30. The van der Waals surface area contributed by atoms with Gasteiger partial charge in [0.05, 0.1) is 11.3 Å². The molecule has 0 aliphatic carbocycles. The number of nitrogens with one attached hydrogen (secondary N) is 1. The van der Waals surface area contributed by atoms with E-state index in [1.807, 2.05) is 31.2 Å². The SMILES string of the molecule is Cc1ccccc1CNC(=O)c1nn(-c2cccc(C(F)(F)F)c2)c(C)cc1=O. The second-order valence-corrected chi connectivity index (χ2v) is 6.57. The number of carbonyl (C=O) groups excluding carboxylic acids is 1. The number of nitrogens with zero attached hydrogens (tertiary/aromatic N) is 2. The molecule has 1 aromatic heterocycles. The van der Waals surface area contributed by atoms with Crippen molar-refractivity contribution < 1.29 is 18.0 Å². The summed E-state index contributed by atoms with van der Waals surface area (Å²) in [5, 5.41) is 6.66. The van der Waals surface area contributed by atoms with Crippen LogP contribution < -0.4 is 10.7 Å². The summed E-state index contributed by atoms with van der Waals surface area (Å²) in [7, 11) is 0. The van der Waals surface area contributed by atoms with Crippen molar-refractivity contribution in [2.24, 2.45) is 0 Å². The number of hydrogen-bond donors (Lipinski definition) is 1. The van der Waals surface area contributed by atoms with Gasteiger partial charge in [-0.15, -0.1) is 0 Å². The third-order valence-corrected chi connectivity index (χ3v) is 4.44. The molecule has 5 nitrogen and oxygen atoms in total. The molecule has 0 unspecified atom stereocenters. The van der Waals surface area contributed by atoms with Crippen molar-refractivity contribution in [3.63, 3.8) is 0 Å². The highest BCUT2D eigenvalue weighted by molar-refractivity contribution is 5.92. The third-order valence-electron chi connectivity index (χ3n) is 4.44. The van der Waals surface area contributed by atoms with Crippen LogP contribution >= 0.6 is 0 Å². The number of benzene rings is 2. The summed E-state index contributed by atoms with van der Waals surface area (Å²) in [5.41, 5.74) is 0.433. The van der Waals surface area contributed by atoms with Gasteiger partial charge < -0.3 is 5.32 Å². The van der Waals surface area contributed by atoms with Crippen LogP contribution in [0.15, 0.2) is 59.4 Å². The predicted octanol–water partition coefficient (Wildman–Crippen LogP) is 3.80. The van der Waals surface area contributed by atoms with Crippen molar-refractivity contribution in [2.45, 2.75) is 26.6 Å². The summed E-state index contributed by atoms with van der Waals surface area (Å²) in [6.07, 6.45) is -4.52. The predicted molar refractivity (Wildman–Crippen MR) is 102 cm³/mol. The lowest BCUT2D eigenvalue weighted by atomic mass is 10.1. The Bertz CT molecular complexity index is 1120. The molecule has 0 fully saturated rings. The number of aryl methyl sites for hydroxylation is 2. The summed E-state index contributed by atoms with van der Waals surface area (Å²) in [6.45, 7) is 3.62. The molecular formula is C21H18F3N3O2. The lowest BCUT2D eigenvalue weighted by Crippen LogP contribution is -2.31. The lowest BCUT2D eigenvalue weighted by molar-refractivity contribution is -0.137. The maximum atomic E-state index is 13.0. The van der Waals surface area contributed by atoms with E-state index in [0.29, 0.717) is 5.69 Å². The zero-order chi connectivity index (χ0) is 21.2. The van der Waals surface area contributed by atoms with Crippen LogP contribution in [0.25, 0.3) is 5.69 Å². The van der Waals surface area contributed by atoms with Gasteiger partial charge in [0, 0.05) is 18.3 Å². The molecule has 0 radical (unpaired) electrons. The van der Waals surface area contributed by atoms with E-state index in [2.05, 4.69) is 10.4 Å². The van der Waals surface area contributed by atoms with E-state index in [1.165, 1.54) is 25.1 Å². The maximum Gasteiger partial charge on any atom is 0.416 e. The summed E-state index contributed by atoms with van der Waals surface area (Å²) in [5.74, 6) is -0.695. The zero-order valence-electron chi connectivity index (χ0n) is 15.7. The topological polar surface area (TPSA) is 64.0 Å². The normalized spacial score (nSPS) is 11.3. The molecule has 2 aromatic carbocycles. The molecule has 1 heterocycles. The van der Waals surface area contributed by atoms with Crippen molar-refractivity contribution in [1.82, 2.24) is 15.1 Å². The van der Waals surface area contributed by atoms with E-state index in [0.717, 1.165) is 27.9 Å². The number of rotatable bonds is 4. The molecule has 29 heavy (non-hydrogen) atoms. The fraction of sp³-hybridized carbons (Fsp3) is 0.190. The average Bonchev–Trinajstić information content (AvgIpc) is 2.66. The quantitative estimate of drug-likeness (QED) is 0.723. The van der Waals surface area contributed by atoms with E-state index in [1.54, 1.807) is 0 Å². The Kier molecular flexibility index (Phi) is 5.54.